The van der Waals surface area contributed by atoms with Gasteiger partial charge in [0.05, 0.1) is 16.7 Å². The molecule has 2 aromatic carbocycles. The van der Waals surface area contributed by atoms with Crippen molar-refractivity contribution in [2.75, 3.05) is 6.54 Å². The molecule has 174 valence electrons. The second-order valence-electron chi connectivity index (χ2n) is 8.08. The molecule has 0 saturated carbocycles. The Morgan fingerprint density at radius 1 is 1.15 bits per heavy atom. The minimum absolute atomic E-state index is 0.00528. The molecule has 0 saturated heterocycles. The standard InChI is InChI=1S/C24H29N5O4/c1-17-8-10-19(11-9-17)23-14-20(27-33-23)16-28(22(24(26)30)7-2-3-12-25)15-18-5-4-6-21(13-18)29(31)32/h4-6,8-11,13-14,22H,2-3,7,12,15-16,25H2,1H3,(H2,26,30). The van der Waals surface area contributed by atoms with Crippen molar-refractivity contribution in [2.24, 2.45) is 11.5 Å². The maximum atomic E-state index is 12.3. The first-order valence-corrected chi connectivity index (χ1v) is 10.9. The minimum atomic E-state index is -0.574. The Labute approximate surface area is 192 Å². The summed E-state index contributed by atoms with van der Waals surface area (Å²) >= 11 is 0. The summed E-state index contributed by atoms with van der Waals surface area (Å²) in [4.78, 5) is 25.0. The van der Waals surface area contributed by atoms with Gasteiger partial charge in [-0.15, -0.1) is 0 Å². The van der Waals surface area contributed by atoms with E-state index in [1.165, 1.54) is 12.1 Å². The number of aryl methyl sites for hydroxylation is 1. The molecule has 9 nitrogen and oxygen atoms in total. The van der Waals surface area contributed by atoms with Crippen molar-refractivity contribution in [1.82, 2.24) is 10.1 Å². The molecule has 0 fully saturated rings. The van der Waals surface area contributed by atoms with Crippen LogP contribution in [0.5, 0.6) is 0 Å². The molecule has 9 heteroatoms. The molecule has 1 heterocycles. The fourth-order valence-electron chi connectivity index (χ4n) is 3.71. The molecule has 0 aliphatic rings. The van der Waals surface area contributed by atoms with Gasteiger partial charge in [0.1, 0.15) is 0 Å². The van der Waals surface area contributed by atoms with E-state index in [4.69, 9.17) is 16.0 Å². The van der Waals surface area contributed by atoms with E-state index >= 15 is 0 Å². The number of benzene rings is 2. The van der Waals surface area contributed by atoms with Crippen LogP contribution in [0.3, 0.4) is 0 Å². The van der Waals surface area contributed by atoms with E-state index in [-0.39, 0.29) is 5.69 Å². The van der Waals surface area contributed by atoms with Gasteiger partial charge in [0.15, 0.2) is 5.76 Å². The molecule has 1 aromatic heterocycles. The summed E-state index contributed by atoms with van der Waals surface area (Å²) in [5.41, 5.74) is 14.7. The zero-order chi connectivity index (χ0) is 23.8. The van der Waals surface area contributed by atoms with Gasteiger partial charge in [-0.2, -0.15) is 0 Å². The molecule has 1 atom stereocenters. The zero-order valence-electron chi connectivity index (χ0n) is 18.6. The summed E-state index contributed by atoms with van der Waals surface area (Å²) in [6.07, 6.45) is 2.04. The van der Waals surface area contributed by atoms with E-state index < -0.39 is 16.9 Å². The number of primary amides is 1. The van der Waals surface area contributed by atoms with Crippen LogP contribution < -0.4 is 11.5 Å². The molecule has 1 unspecified atom stereocenters. The molecule has 1 amide bonds. The van der Waals surface area contributed by atoms with Crippen LogP contribution in [-0.2, 0) is 17.9 Å². The van der Waals surface area contributed by atoms with Crippen molar-refractivity contribution < 1.29 is 14.2 Å². The van der Waals surface area contributed by atoms with Crippen LogP contribution >= 0.6 is 0 Å². The van der Waals surface area contributed by atoms with Gasteiger partial charge in [-0.3, -0.25) is 19.8 Å². The normalized spacial score (nSPS) is 12.1. The van der Waals surface area contributed by atoms with Gasteiger partial charge < -0.3 is 16.0 Å². The van der Waals surface area contributed by atoms with E-state index in [2.05, 4.69) is 5.16 Å². The Morgan fingerprint density at radius 2 is 1.91 bits per heavy atom. The monoisotopic (exact) mass is 451 g/mol. The van der Waals surface area contributed by atoms with Crippen LogP contribution in [0, 0.1) is 17.0 Å². The van der Waals surface area contributed by atoms with Gasteiger partial charge in [0.25, 0.3) is 5.69 Å². The van der Waals surface area contributed by atoms with E-state index in [9.17, 15) is 14.9 Å². The van der Waals surface area contributed by atoms with Crippen molar-refractivity contribution in [3.8, 4) is 11.3 Å². The highest BCUT2D eigenvalue weighted by Gasteiger charge is 2.25. The van der Waals surface area contributed by atoms with Crippen molar-refractivity contribution in [1.29, 1.82) is 0 Å². The average molecular weight is 452 g/mol. The molecule has 0 aliphatic carbocycles. The molecule has 4 N–H and O–H groups in total. The van der Waals surface area contributed by atoms with Gasteiger partial charge in [-0.25, -0.2) is 0 Å². The molecular weight excluding hydrogens is 422 g/mol. The lowest BCUT2D eigenvalue weighted by Gasteiger charge is -2.29. The fraction of sp³-hybridized carbons (Fsp3) is 0.333. The smallest absolute Gasteiger partial charge is 0.269 e. The highest BCUT2D eigenvalue weighted by Crippen LogP contribution is 2.24. The molecule has 0 bridgehead atoms. The first-order chi connectivity index (χ1) is 15.9. The van der Waals surface area contributed by atoms with Crippen LogP contribution in [0.1, 0.15) is 36.1 Å². The molecular formula is C24H29N5O4. The molecule has 33 heavy (non-hydrogen) atoms. The number of nitrogens with zero attached hydrogens (tertiary/aromatic N) is 3. The SMILES string of the molecule is Cc1ccc(-c2cc(CN(Cc3cccc([N+](=O)[O-])c3)C(CCCCN)C(N)=O)no2)cc1. The maximum absolute atomic E-state index is 12.3. The lowest BCUT2D eigenvalue weighted by atomic mass is 10.0. The minimum Gasteiger partial charge on any atom is -0.368 e. The predicted octanol–water partition coefficient (Wildman–Crippen LogP) is 3.54. The van der Waals surface area contributed by atoms with Crippen LogP contribution in [0.25, 0.3) is 11.3 Å². The number of amides is 1. The topological polar surface area (TPSA) is 142 Å². The van der Waals surface area contributed by atoms with Crippen molar-refractivity contribution >= 4 is 11.6 Å². The largest absolute Gasteiger partial charge is 0.368 e. The number of nitro benzene ring substituents is 1. The molecule has 0 spiro atoms. The number of nitrogens with two attached hydrogens (primary N) is 2. The Hall–Kier alpha value is -3.56. The quantitative estimate of drug-likeness (QED) is 0.244. The van der Waals surface area contributed by atoms with Crippen LogP contribution in [0.15, 0.2) is 59.1 Å². The first kappa shape index (κ1) is 24.1. The Kier molecular flexibility index (Phi) is 8.28. The van der Waals surface area contributed by atoms with Crippen molar-refractivity contribution in [3.05, 3.63) is 81.5 Å². The number of rotatable bonds is 12. The number of carbonyl (C=O) groups excluding carboxylic acids is 1. The third-order valence-corrected chi connectivity index (χ3v) is 5.47. The summed E-state index contributed by atoms with van der Waals surface area (Å²) in [5, 5.41) is 15.4. The van der Waals surface area contributed by atoms with Gasteiger partial charge >= 0.3 is 0 Å². The highest BCUT2D eigenvalue weighted by molar-refractivity contribution is 5.79. The Bertz CT molecular complexity index is 1080. The van der Waals surface area contributed by atoms with Crippen molar-refractivity contribution in [2.45, 2.75) is 45.3 Å². The van der Waals surface area contributed by atoms with Crippen LogP contribution in [0.4, 0.5) is 5.69 Å². The Balaban J connectivity index is 1.86. The predicted molar refractivity (Wildman–Crippen MR) is 125 cm³/mol. The first-order valence-electron chi connectivity index (χ1n) is 10.9. The van der Waals surface area contributed by atoms with E-state index in [0.717, 1.165) is 24.0 Å². The summed E-state index contributed by atoms with van der Waals surface area (Å²) < 4.78 is 5.53. The van der Waals surface area contributed by atoms with Crippen LogP contribution in [-0.4, -0.2) is 33.5 Å². The molecule has 0 aliphatic heterocycles. The number of carbonyl (C=O) groups is 1. The number of non-ortho nitro benzene ring substituents is 1. The second kappa shape index (κ2) is 11.3. The summed E-state index contributed by atoms with van der Waals surface area (Å²) in [6.45, 7) is 3.13. The number of hydrogen-bond acceptors (Lipinski definition) is 7. The number of nitro groups is 1. The average Bonchev–Trinajstić information content (AvgIpc) is 3.25. The second-order valence-corrected chi connectivity index (χ2v) is 8.08. The third-order valence-electron chi connectivity index (χ3n) is 5.47. The van der Waals surface area contributed by atoms with Crippen LogP contribution in [0.2, 0.25) is 0 Å². The van der Waals surface area contributed by atoms with Gasteiger partial charge in [0.2, 0.25) is 5.91 Å². The summed E-state index contributed by atoms with van der Waals surface area (Å²) in [5.74, 6) is 0.166. The summed E-state index contributed by atoms with van der Waals surface area (Å²) in [7, 11) is 0. The third kappa shape index (κ3) is 6.71. The number of hydrogen-bond donors (Lipinski definition) is 2. The molecule has 3 aromatic rings. The maximum Gasteiger partial charge on any atom is 0.269 e. The van der Waals surface area contributed by atoms with E-state index in [1.807, 2.05) is 42.2 Å². The van der Waals surface area contributed by atoms with Gasteiger partial charge in [0, 0.05) is 36.9 Å². The number of aromatic nitrogens is 1. The lowest BCUT2D eigenvalue weighted by molar-refractivity contribution is -0.384. The van der Waals surface area contributed by atoms with Gasteiger partial charge in [-0.1, -0.05) is 53.5 Å². The fourth-order valence-corrected chi connectivity index (χ4v) is 3.71. The van der Waals surface area contributed by atoms with E-state index in [0.29, 0.717) is 43.1 Å². The van der Waals surface area contributed by atoms with Crippen molar-refractivity contribution in [3.63, 3.8) is 0 Å². The van der Waals surface area contributed by atoms with E-state index in [1.54, 1.807) is 12.1 Å². The number of unbranched alkanes of at least 4 members (excludes halogenated alkanes) is 1. The Morgan fingerprint density at radius 3 is 2.58 bits per heavy atom. The molecule has 3 rings (SSSR count). The molecule has 0 radical (unpaired) electrons. The lowest BCUT2D eigenvalue weighted by Crippen LogP contribution is -2.44. The zero-order valence-corrected chi connectivity index (χ0v) is 18.6. The van der Waals surface area contributed by atoms with Gasteiger partial charge in [-0.05, 0) is 31.9 Å². The highest BCUT2D eigenvalue weighted by atomic mass is 16.6. The summed E-state index contributed by atoms with van der Waals surface area (Å²) in [6, 6.07) is 15.5.